The Kier molecular flexibility index (Phi) is 3.94. The van der Waals surface area contributed by atoms with Crippen molar-refractivity contribution in [3.8, 4) is 0 Å². The van der Waals surface area contributed by atoms with Crippen LogP contribution in [-0.4, -0.2) is 29.2 Å². The van der Waals surface area contributed by atoms with Gasteiger partial charge >= 0.3 is 0 Å². The van der Waals surface area contributed by atoms with Gasteiger partial charge in [-0.25, -0.2) is 0 Å². The Bertz CT molecular complexity index is 299. The predicted octanol–water partition coefficient (Wildman–Crippen LogP) is 2.04. The lowest BCUT2D eigenvalue weighted by atomic mass is 10.1. The minimum absolute atomic E-state index is 0.634. The summed E-state index contributed by atoms with van der Waals surface area (Å²) in [4.78, 5) is 2.05. The van der Waals surface area contributed by atoms with Crippen molar-refractivity contribution in [3.63, 3.8) is 0 Å². The maximum absolute atomic E-state index is 9.65. The second-order valence-electron chi connectivity index (χ2n) is 4.71. The van der Waals surface area contributed by atoms with E-state index in [1.807, 2.05) is 33.0 Å². The van der Waals surface area contributed by atoms with Crippen LogP contribution in [0.5, 0.6) is 0 Å². The van der Waals surface area contributed by atoms with Crippen molar-refractivity contribution in [1.82, 2.24) is 4.90 Å². The molecule has 0 amide bonds. The summed E-state index contributed by atoms with van der Waals surface area (Å²) in [5.41, 5.74) is -0.658. The first-order valence-electron chi connectivity index (χ1n) is 5.39. The van der Waals surface area contributed by atoms with E-state index in [0.29, 0.717) is 6.54 Å². The molecule has 3 heteroatoms. The largest absolute Gasteiger partial charge is 0.465 e. The van der Waals surface area contributed by atoms with E-state index in [2.05, 4.69) is 11.8 Å². The number of rotatable bonds is 5. The van der Waals surface area contributed by atoms with Gasteiger partial charge in [-0.15, -0.1) is 0 Å². The quantitative estimate of drug-likeness (QED) is 0.809. The molecule has 1 heterocycles. The van der Waals surface area contributed by atoms with E-state index in [-0.39, 0.29) is 0 Å². The normalized spacial score (nSPS) is 12.4. The fourth-order valence-corrected chi connectivity index (χ4v) is 1.68. The maximum Gasteiger partial charge on any atom is 0.118 e. The van der Waals surface area contributed by atoms with Gasteiger partial charge in [0.05, 0.1) is 12.1 Å². The van der Waals surface area contributed by atoms with Crippen LogP contribution in [0.25, 0.3) is 0 Å². The van der Waals surface area contributed by atoms with E-state index in [4.69, 9.17) is 4.42 Å². The Morgan fingerprint density at radius 2 is 1.93 bits per heavy atom. The van der Waals surface area contributed by atoms with Crippen LogP contribution in [-0.2, 0) is 13.0 Å². The monoisotopic (exact) mass is 211 g/mol. The number of nitrogens with zero attached hydrogens (tertiary/aromatic N) is 1. The first-order valence-corrected chi connectivity index (χ1v) is 5.39. The van der Waals surface area contributed by atoms with Gasteiger partial charge in [0.2, 0.25) is 0 Å². The standard InChI is InChI=1S/C12H21NO2/c1-5-10-6-7-11(15-10)8-13(4)9-12(2,3)14/h6-7,14H,5,8-9H2,1-4H3. The number of aryl methyl sites for hydroxylation is 1. The minimum atomic E-state index is -0.658. The molecule has 3 nitrogen and oxygen atoms in total. The third-order valence-electron chi connectivity index (χ3n) is 2.15. The molecule has 1 aromatic heterocycles. The molecular formula is C12H21NO2. The van der Waals surface area contributed by atoms with Gasteiger partial charge in [0.1, 0.15) is 11.5 Å². The van der Waals surface area contributed by atoms with E-state index in [9.17, 15) is 5.11 Å². The Morgan fingerprint density at radius 3 is 2.40 bits per heavy atom. The second-order valence-corrected chi connectivity index (χ2v) is 4.71. The summed E-state index contributed by atoms with van der Waals surface area (Å²) in [7, 11) is 1.98. The topological polar surface area (TPSA) is 36.6 Å². The summed E-state index contributed by atoms with van der Waals surface area (Å²) in [6.45, 7) is 7.06. The first-order chi connectivity index (χ1) is 6.90. The zero-order valence-electron chi connectivity index (χ0n) is 10.1. The van der Waals surface area contributed by atoms with E-state index >= 15 is 0 Å². The summed E-state index contributed by atoms with van der Waals surface area (Å²) in [5.74, 6) is 1.97. The fourth-order valence-electron chi connectivity index (χ4n) is 1.68. The van der Waals surface area contributed by atoms with Gasteiger partial charge < -0.3 is 9.52 Å². The lowest BCUT2D eigenvalue weighted by Crippen LogP contribution is -2.35. The van der Waals surface area contributed by atoms with Gasteiger partial charge in [-0.1, -0.05) is 6.92 Å². The highest BCUT2D eigenvalue weighted by Crippen LogP contribution is 2.12. The molecule has 1 aromatic rings. The molecule has 0 aliphatic carbocycles. The molecular weight excluding hydrogens is 190 g/mol. The van der Waals surface area contributed by atoms with Crippen LogP contribution in [0.2, 0.25) is 0 Å². The molecule has 0 aliphatic heterocycles. The molecule has 0 aromatic carbocycles. The van der Waals surface area contributed by atoms with Crippen LogP contribution in [0.4, 0.5) is 0 Å². The van der Waals surface area contributed by atoms with Crippen molar-refractivity contribution >= 4 is 0 Å². The Morgan fingerprint density at radius 1 is 1.33 bits per heavy atom. The second kappa shape index (κ2) is 4.81. The van der Waals surface area contributed by atoms with E-state index in [1.165, 1.54) is 0 Å². The molecule has 0 saturated heterocycles. The summed E-state index contributed by atoms with van der Waals surface area (Å²) >= 11 is 0. The van der Waals surface area contributed by atoms with Crippen molar-refractivity contribution in [2.45, 2.75) is 39.3 Å². The number of likely N-dealkylation sites (N-methyl/N-ethyl adjacent to an activating group) is 1. The van der Waals surface area contributed by atoms with Crippen LogP contribution in [0.15, 0.2) is 16.5 Å². The predicted molar refractivity (Wildman–Crippen MR) is 60.7 cm³/mol. The lowest BCUT2D eigenvalue weighted by molar-refractivity contribution is 0.0406. The smallest absolute Gasteiger partial charge is 0.118 e. The summed E-state index contributed by atoms with van der Waals surface area (Å²) in [5, 5.41) is 9.65. The number of hydrogen-bond acceptors (Lipinski definition) is 3. The Labute approximate surface area is 91.7 Å². The number of aliphatic hydroxyl groups is 1. The zero-order chi connectivity index (χ0) is 11.5. The Balaban J connectivity index is 2.47. The molecule has 0 aliphatic rings. The average molecular weight is 211 g/mol. The molecule has 1 N–H and O–H groups in total. The number of furan rings is 1. The molecule has 0 radical (unpaired) electrons. The summed E-state index contributed by atoms with van der Waals surface area (Å²) in [6.07, 6.45) is 0.926. The van der Waals surface area contributed by atoms with Gasteiger partial charge in [-0.3, -0.25) is 4.90 Å². The molecule has 0 atom stereocenters. The van der Waals surface area contributed by atoms with Crippen LogP contribution >= 0.6 is 0 Å². The van der Waals surface area contributed by atoms with Gasteiger partial charge in [0.25, 0.3) is 0 Å². The van der Waals surface area contributed by atoms with Gasteiger partial charge in [-0.05, 0) is 33.0 Å². The van der Waals surface area contributed by atoms with Crippen molar-refractivity contribution in [3.05, 3.63) is 23.7 Å². The van der Waals surface area contributed by atoms with Crippen molar-refractivity contribution in [1.29, 1.82) is 0 Å². The molecule has 0 spiro atoms. The highest BCUT2D eigenvalue weighted by molar-refractivity contribution is 5.06. The van der Waals surface area contributed by atoms with Crippen LogP contribution in [0, 0.1) is 0 Å². The molecule has 1 rings (SSSR count). The molecule has 0 bridgehead atoms. The third-order valence-corrected chi connectivity index (χ3v) is 2.15. The van der Waals surface area contributed by atoms with Crippen molar-refractivity contribution in [2.75, 3.05) is 13.6 Å². The third kappa shape index (κ3) is 4.49. The highest BCUT2D eigenvalue weighted by Gasteiger charge is 2.16. The summed E-state index contributed by atoms with van der Waals surface area (Å²) < 4.78 is 5.59. The van der Waals surface area contributed by atoms with E-state index in [1.54, 1.807) is 0 Å². The van der Waals surface area contributed by atoms with Crippen LogP contribution in [0.3, 0.4) is 0 Å². The fraction of sp³-hybridized carbons (Fsp3) is 0.667. The molecule has 0 saturated carbocycles. The average Bonchev–Trinajstić information content (AvgIpc) is 2.48. The van der Waals surface area contributed by atoms with Crippen LogP contribution in [0.1, 0.15) is 32.3 Å². The van der Waals surface area contributed by atoms with Gasteiger partial charge in [-0.2, -0.15) is 0 Å². The van der Waals surface area contributed by atoms with Crippen LogP contribution < -0.4 is 0 Å². The van der Waals surface area contributed by atoms with E-state index in [0.717, 1.165) is 24.5 Å². The number of hydrogen-bond donors (Lipinski definition) is 1. The molecule has 0 fully saturated rings. The van der Waals surface area contributed by atoms with Crippen molar-refractivity contribution < 1.29 is 9.52 Å². The molecule has 86 valence electrons. The lowest BCUT2D eigenvalue weighted by Gasteiger charge is -2.24. The van der Waals surface area contributed by atoms with Gasteiger partial charge in [0, 0.05) is 13.0 Å². The maximum atomic E-state index is 9.65. The van der Waals surface area contributed by atoms with Gasteiger partial charge in [0.15, 0.2) is 0 Å². The summed E-state index contributed by atoms with van der Waals surface area (Å²) in [6, 6.07) is 4.01. The minimum Gasteiger partial charge on any atom is -0.465 e. The van der Waals surface area contributed by atoms with Crippen molar-refractivity contribution in [2.24, 2.45) is 0 Å². The Hall–Kier alpha value is -0.800. The molecule has 15 heavy (non-hydrogen) atoms. The molecule has 0 unspecified atom stereocenters. The SMILES string of the molecule is CCc1ccc(CN(C)CC(C)(C)O)o1. The highest BCUT2D eigenvalue weighted by atomic mass is 16.3. The first kappa shape index (κ1) is 12.3. The zero-order valence-corrected chi connectivity index (χ0v) is 10.1. The van der Waals surface area contributed by atoms with E-state index < -0.39 is 5.60 Å².